The zero-order valence-electron chi connectivity index (χ0n) is 16.9. The highest BCUT2D eigenvalue weighted by atomic mass is 16.5. The number of carbonyl (C=O) groups is 3. The van der Waals surface area contributed by atoms with Gasteiger partial charge in [-0.25, -0.2) is 0 Å². The van der Waals surface area contributed by atoms with E-state index in [1.807, 2.05) is 24.3 Å². The molecule has 0 spiro atoms. The molecule has 0 aliphatic carbocycles. The molecule has 2 N–H and O–H groups in total. The third kappa shape index (κ3) is 3.68. The Hall–Kier alpha value is -3.55. The first-order valence-corrected chi connectivity index (χ1v) is 9.72. The minimum atomic E-state index is -0.627. The Balaban J connectivity index is 1.53. The Morgan fingerprint density at radius 2 is 1.83 bits per heavy atom. The normalized spacial score (nSPS) is 18.1. The van der Waals surface area contributed by atoms with Crippen molar-refractivity contribution < 1.29 is 23.9 Å². The average molecular weight is 409 g/mol. The van der Waals surface area contributed by atoms with Crippen LogP contribution in [-0.4, -0.2) is 42.9 Å². The molecule has 2 aromatic rings. The van der Waals surface area contributed by atoms with E-state index in [9.17, 15) is 14.4 Å². The van der Waals surface area contributed by atoms with Crippen molar-refractivity contribution in [3.63, 3.8) is 0 Å². The van der Waals surface area contributed by atoms with Crippen molar-refractivity contribution in [3.05, 3.63) is 53.1 Å². The Labute approximate surface area is 174 Å². The van der Waals surface area contributed by atoms with E-state index in [4.69, 9.17) is 9.47 Å². The van der Waals surface area contributed by atoms with Crippen molar-refractivity contribution in [1.29, 1.82) is 0 Å². The lowest BCUT2D eigenvalue weighted by atomic mass is 10.0. The summed E-state index contributed by atoms with van der Waals surface area (Å²) in [7, 11) is 3.20. The number of hydrogen-bond acceptors (Lipinski definition) is 6. The Bertz CT molecular complexity index is 998. The highest BCUT2D eigenvalue weighted by molar-refractivity contribution is 6.06. The summed E-state index contributed by atoms with van der Waals surface area (Å²) in [6.45, 7) is 0.835. The van der Waals surface area contributed by atoms with Gasteiger partial charge in [0.2, 0.25) is 11.8 Å². The third-order valence-corrected chi connectivity index (χ3v) is 5.48. The molecule has 0 bridgehead atoms. The molecular formula is C22H23N3O5. The molecule has 1 fully saturated rings. The lowest BCUT2D eigenvalue weighted by Crippen LogP contribution is -2.52. The molecule has 0 radical (unpaired) electrons. The van der Waals surface area contributed by atoms with Gasteiger partial charge in [-0.2, -0.15) is 0 Å². The van der Waals surface area contributed by atoms with Crippen LogP contribution in [0.3, 0.4) is 0 Å². The molecule has 8 nitrogen and oxygen atoms in total. The van der Waals surface area contributed by atoms with Crippen LogP contribution >= 0.6 is 0 Å². The largest absolute Gasteiger partial charge is 0.497 e. The van der Waals surface area contributed by atoms with Gasteiger partial charge in [0, 0.05) is 42.4 Å². The molecular weight excluding hydrogens is 386 g/mol. The number of anilines is 1. The van der Waals surface area contributed by atoms with Gasteiger partial charge >= 0.3 is 0 Å². The number of benzene rings is 2. The SMILES string of the molecule is COc1cc(CNc2cccc3c2CN([C@@H]2CCC(=O)NC2=O)C3=O)cc(OC)c1. The van der Waals surface area contributed by atoms with Gasteiger partial charge in [0.1, 0.15) is 17.5 Å². The van der Waals surface area contributed by atoms with Crippen LogP contribution in [0.1, 0.15) is 34.3 Å². The molecule has 0 aromatic heterocycles. The summed E-state index contributed by atoms with van der Waals surface area (Å²) < 4.78 is 10.6. The average Bonchev–Trinajstić information content (AvgIpc) is 3.09. The molecule has 1 atom stereocenters. The number of imide groups is 1. The molecule has 8 heteroatoms. The summed E-state index contributed by atoms with van der Waals surface area (Å²) in [5, 5.41) is 5.71. The number of ether oxygens (including phenoxy) is 2. The number of nitrogens with one attached hydrogen (secondary N) is 2. The smallest absolute Gasteiger partial charge is 0.255 e. The predicted molar refractivity (Wildman–Crippen MR) is 109 cm³/mol. The fraction of sp³-hybridized carbons (Fsp3) is 0.318. The monoisotopic (exact) mass is 409 g/mol. The molecule has 0 saturated carbocycles. The summed E-state index contributed by atoms with van der Waals surface area (Å²) in [5.41, 5.74) is 3.22. The molecule has 2 aliphatic rings. The van der Waals surface area contributed by atoms with Gasteiger partial charge < -0.3 is 19.7 Å². The van der Waals surface area contributed by atoms with Crippen molar-refractivity contribution in [2.24, 2.45) is 0 Å². The minimum absolute atomic E-state index is 0.189. The maximum atomic E-state index is 12.9. The van der Waals surface area contributed by atoms with Gasteiger partial charge in [-0.05, 0) is 36.2 Å². The van der Waals surface area contributed by atoms with Crippen LogP contribution in [0.4, 0.5) is 5.69 Å². The second kappa shape index (κ2) is 8.06. The molecule has 4 rings (SSSR count). The van der Waals surface area contributed by atoms with Crippen molar-refractivity contribution in [2.75, 3.05) is 19.5 Å². The van der Waals surface area contributed by atoms with Gasteiger partial charge in [0.25, 0.3) is 5.91 Å². The zero-order chi connectivity index (χ0) is 21.3. The van der Waals surface area contributed by atoms with Crippen molar-refractivity contribution in [2.45, 2.75) is 32.0 Å². The number of nitrogens with zero attached hydrogens (tertiary/aromatic N) is 1. The van der Waals surface area contributed by atoms with Crippen molar-refractivity contribution >= 4 is 23.4 Å². The lowest BCUT2D eigenvalue weighted by molar-refractivity contribution is -0.136. The van der Waals surface area contributed by atoms with Crippen molar-refractivity contribution in [3.8, 4) is 11.5 Å². The van der Waals surface area contributed by atoms with Crippen LogP contribution in [0, 0.1) is 0 Å². The Kier molecular flexibility index (Phi) is 5.31. The van der Waals surface area contributed by atoms with E-state index < -0.39 is 11.9 Å². The maximum Gasteiger partial charge on any atom is 0.255 e. The summed E-state index contributed by atoms with van der Waals surface area (Å²) in [6, 6.07) is 10.5. The molecule has 1 saturated heterocycles. The van der Waals surface area contributed by atoms with E-state index >= 15 is 0 Å². The Morgan fingerprint density at radius 1 is 1.10 bits per heavy atom. The van der Waals surface area contributed by atoms with E-state index in [2.05, 4.69) is 10.6 Å². The molecule has 0 unspecified atom stereocenters. The zero-order valence-corrected chi connectivity index (χ0v) is 16.9. The lowest BCUT2D eigenvalue weighted by Gasteiger charge is -2.29. The highest BCUT2D eigenvalue weighted by Gasteiger charge is 2.39. The number of fused-ring (bicyclic) bond motifs is 1. The summed E-state index contributed by atoms with van der Waals surface area (Å²) in [4.78, 5) is 38.1. The standard InChI is InChI=1S/C22H23N3O5/c1-29-14-8-13(9-15(10-14)30-2)11-23-18-5-3-4-16-17(18)12-25(22(16)28)19-6-7-20(26)24-21(19)27/h3-5,8-10,19,23H,6-7,11-12H2,1-2H3,(H,24,26,27)/t19-/m1/s1. The van der Waals surface area contributed by atoms with E-state index in [0.717, 1.165) is 16.8 Å². The quantitative estimate of drug-likeness (QED) is 0.709. The topological polar surface area (TPSA) is 97.0 Å². The fourth-order valence-electron chi connectivity index (χ4n) is 3.92. The maximum absolute atomic E-state index is 12.9. The number of hydrogen-bond donors (Lipinski definition) is 2. The first-order valence-electron chi connectivity index (χ1n) is 9.72. The number of amides is 3. The summed E-state index contributed by atoms with van der Waals surface area (Å²) in [5.74, 6) is 0.500. The van der Waals surface area contributed by atoms with E-state index in [1.54, 1.807) is 31.3 Å². The van der Waals surface area contributed by atoms with E-state index in [1.165, 1.54) is 0 Å². The van der Waals surface area contributed by atoms with Crippen molar-refractivity contribution in [1.82, 2.24) is 10.2 Å². The number of methoxy groups -OCH3 is 2. The van der Waals surface area contributed by atoms with Crippen LogP contribution in [0.5, 0.6) is 11.5 Å². The molecule has 2 aliphatic heterocycles. The van der Waals surface area contributed by atoms with Crippen LogP contribution in [0.25, 0.3) is 0 Å². The fourth-order valence-corrected chi connectivity index (χ4v) is 3.92. The minimum Gasteiger partial charge on any atom is -0.497 e. The third-order valence-electron chi connectivity index (χ3n) is 5.48. The van der Waals surface area contributed by atoms with Crippen LogP contribution in [0.2, 0.25) is 0 Å². The molecule has 2 heterocycles. The number of piperidine rings is 1. The van der Waals surface area contributed by atoms with Gasteiger partial charge in [0.05, 0.1) is 14.2 Å². The molecule has 3 amide bonds. The second-order valence-electron chi connectivity index (χ2n) is 7.31. The van der Waals surface area contributed by atoms with E-state index in [0.29, 0.717) is 36.6 Å². The molecule has 2 aromatic carbocycles. The first-order chi connectivity index (χ1) is 14.5. The molecule has 30 heavy (non-hydrogen) atoms. The van der Waals surface area contributed by atoms with Gasteiger partial charge in [-0.1, -0.05) is 6.07 Å². The highest BCUT2D eigenvalue weighted by Crippen LogP contribution is 2.33. The first kappa shape index (κ1) is 19.8. The number of carbonyl (C=O) groups excluding carboxylic acids is 3. The van der Waals surface area contributed by atoms with Gasteiger partial charge in [-0.3, -0.25) is 19.7 Å². The summed E-state index contributed by atoms with van der Waals surface area (Å²) >= 11 is 0. The van der Waals surface area contributed by atoms with Gasteiger partial charge in [0.15, 0.2) is 0 Å². The molecule has 156 valence electrons. The summed E-state index contributed by atoms with van der Waals surface area (Å²) in [6.07, 6.45) is 0.579. The van der Waals surface area contributed by atoms with Crippen LogP contribution in [0.15, 0.2) is 36.4 Å². The van der Waals surface area contributed by atoms with Crippen LogP contribution in [-0.2, 0) is 22.7 Å². The van der Waals surface area contributed by atoms with E-state index in [-0.39, 0.29) is 18.2 Å². The predicted octanol–water partition coefficient (Wildman–Crippen LogP) is 2.08. The van der Waals surface area contributed by atoms with Gasteiger partial charge in [-0.15, -0.1) is 0 Å². The second-order valence-corrected chi connectivity index (χ2v) is 7.31. The Morgan fingerprint density at radius 3 is 2.50 bits per heavy atom. The van der Waals surface area contributed by atoms with Crippen LogP contribution < -0.4 is 20.1 Å². The number of rotatable bonds is 6.